The molecule has 1 heterocycles. The molecule has 0 radical (unpaired) electrons. The molecule has 1 N–H and O–H groups in total. The van der Waals surface area contributed by atoms with Gasteiger partial charge in [-0.1, -0.05) is 53.8 Å². The predicted octanol–water partition coefficient (Wildman–Crippen LogP) is 3.94. The van der Waals surface area contributed by atoms with E-state index in [2.05, 4.69) is 10.3 Å². The molecule has 0 unspecified atom stereocenters. The van der Waals surface area contributed by atoms with Crippen LogP contribution in [0.4, 0.5) is 10.8 Å². The molecule has 0 aliphatic carbocycles. The maximum Gasteiger partial charge on any atom is 0.310 e. The first-order chi connectivity index (χ1) is 13.5. The van der Waals surface area contributed by atoms with Gasteiger partial charge in [0.05, 0.1) is 15.5 Å². The van der Waals surface area contributed by atoms with E-state index in [0.29, 0.717) is 10.6 Å². The van der Waals surface area contributed by atoms with E-state index in [1.807, 2.05) is 30.3 Å². The van der Waals surface area contributed by atoms with Crippen LogP contribution >= 0.6 is 11.3 Å². The summed E-state index contributed by atoms with van der Waals surface area (Å²) in [5, 5.41) is 13.8. The number of hydrogen-bond acceptors (Lipinski definition) is 7. The fourth-order valence-corrected chi connectivity index (χ4v) is 3.33. The van der Waals surface area contributed by atoms with E-state index in [9.17, 15) is 19.7 Å². The average molecular weight is 397 g/mol. The van der Waals surface area contributed by atoms with Gasteiger partial charge in [-0.05, 0) is 6.07 Å². The second-order valence-electron chi connectivity index (χ2n) is 5.68. The summed E-state index contributed by atoms with van der Waals surface area (Å²) in [5.74, 6) is -0.703. The normalized spacial score (nSPS) is 10.3. The van der Waals surface area contributed by atoms with Crippen LogP contribution in [0.25, 0.3) is 11.3 Å². The minimum atomic E-state index is -0.584. The van der Waals surface area contributed by atoms with E-state index in [1.165, 1.54) is 25.1 Å². The van der Waals surface area contributed by atoms with Gasteiger partial charge in [-0.15, -0.1) is 0 Å². The average Bonchev–Trinajstić information content (AvgIpc) is 3.11. The molecule has 0 spiro atoms. The molecule has 0 saturated carbocycles. The fourth-order valence-electron chi connectivity index (χ4n) is 2.43. The first kappa shape index (κ1) is 19.2. The van der Waals surface area contributed by atoms with Crippen molar-refractivity contribution in [2.45, 2.75) is 6.92 Å². The molecule has 3 rings (SSSR count). The molecule has 0 fully saturated rings. The number of benzene rings is 2. The first-order valence-corrected chi connectivity index (χ1v) is 9.00. The Kier molecular flexibility index (Phi) is 5.75. The molecule has 0 bridgehead atoms. The number of thiazole rings is 1. The van der Waals surface area contributed by atoms with E-state index in [4.69, 9.17) is 4.74 Å². The molecule has 9 heteroatoms. The van der Waals surface area contributed by atoms with Gasteiger partial charge in [0.15, 0.2) is 23.3 Å². The summed E-state index contributed by atoms with van der Waals surface area (Å²) in [5.41, 5.74) is 1.03. The standard InChI is InChI=1S/C19H15N3O5S/c1-12(23)18-17(13-7-3-2-4-8-13)21-19(28-18)20-16(24)11-27-15-10-6-5-9-14(15)22(25)26/h2-10H,11H2,1H3,(H,20,21,24). The highest BCUT2D eigenvalue weighted by molar-refractivity contribution is 7.18. The van der Waals surface area contributed by atoms with Crippen molar-refractivity contribution in [2.75, 3.05) is 11.9 Å². The number of carbonyl (C=O) groups excluding carboxylic acids is 2. The van der Waals surface area contributed by atoms with Crippen LogP contribution in [0.3, 0.4) is 0 Å². The van der Waals surface area contributed by atoms with Crippen LogP contribution < -0.4 is 10.1 Å². The zero-order valence-electron chi connectivity index (χ0n) is 14.7. The Morgan fingerprint density at radius 1 is 1.14 bits per heavy atom. The van der Waals surface area contributed by atoms with Gasteiger partial charge in [-0.2, -0.15) is 0 Å². The van der Waals surface area contributed by atoms with Crippen LogP contribution in [0.5, 0.6) is 5.75 Å². The van der Waals surface area contributed by atoms with Crippen molar-refractivity contribution in [1.29, 1.82) is 0 Å². The highest BCUT2D eigenvalue weighted by atomic mass is 32.1. The number of anilines is 1. The molecule has 2 aromatic carbocycles. The molecule has 0 saturated heterocycles. The molecule has 1 amide bonds. The number of nitrogens with zero attached hydrogens (tertiary/aromatic N) is 2. The second kappa shape index (κ2) is 8.40. The third-order valence-electron chi connectivity index (χ3n) is 3.66. The molecule has 0 aliphatic heterocycles. The molecule has 0 atom stereocenters. The number of nitrogens with one attached hydrogen (secondary N) is 1. The Hall–Kier alpha value is -3.59. The summed E-state index contributed by atoms with van der Waals surface area (Å²) in [4.78, 5) is 39.3. The number of amides is 1. The van der Waals surface area contributed by atoms with Gasteiger partial charge >= 0.3 is 5.69 Å². The third-order valence-corrected chi connectivity index (χ3v) is 4.73. The van der Waals surface area contributed by atoms with Crippen molar-refractivity contribution < 1.29 is 19.2 Å². The van der Waals surface area contributed by atoms with Gasteiger partial charge in [0.1, 0.15) is 0 Å². The summed E-state index contributed by atoms with van der Waals surface area (Å²) >= 11 is 1.06. The van der Waals surface area contributed by atoms with Crippen LogP contribution in [-0.2, 0) is 4.79 Å². The fraction of sp³-hybridized carbons (Fsp3) is 0.105. The van der Waals surface area contributed by atoms with Gasteiger partial charge < -0.3 is 4.74 Å². The van der Waals surface area contributed by atoms with Gasteiger partial charge in [-0.25, -0.2) is 4.98 Å². The van der Waals surface area contributed by atoms with E-state index >= 15 is 0 Å². The lowest BCUT2D eigenvalue weighted by Gasteiger charge is -2.06. The number of para-hydroxylation sites is 2. The number of carbonyl (C=O) groups is 2. The Morgan fingerprint density at radius 3 is 2.50 bits per heavy atom. The number of nitro benzene ring substituents is 1. The van der Waals surface area contributed by atoms with E-state index in [1.54, 1.807) is 6.07 Å². The van der Waals surface area contributed by atoms with E-state index in [0.717, 1.165) is 16.9 Å². The van der Waals surface area contributed by atoms with Crippen LogP contribution in [0.2, 0.25) is 0 Å². The molecular formula is C19H15N3O5S. The van der Waals surface area contributed by atoms with E-state index in [-0.39, 0.29) is 22.4 Å². The van der Waals surface area contributed by atoms with E-state index < -0.39 is 17.4 Å². The van der Waals surface area contributed by atoms with Gasteiger partial charge in [-0.3, -0.25) is 25.0 Å². The minimum Gasteiger partial charge on any atom is -0.477 e. The van der Waals surface area contributed by atoms with Gasteiger partial charge in [0.25, 0.3) is 5.91 Å². The smallest absolute Gasteiger partial charge is 0.310 e. The number of Topliss-reactive ketones (excluding diaryl/α,β-unsaturated/α-hetero) is 1. The first-order valence-electron chi connectivity index (χ1n) is 8.19. The van der Waals surface area contributed by atoms with Gasteiger partial charge in [0, 0.05) is 18.6 Å². The SMILES string of the molecule is CC(=O)c1sc(NC(=O)COc2ccccc2[N+](=O)[O-])nc1-c1ccccc1. The summed E-state index contributed by atoms with van der Waals surface area (Å²) in [6.45, 7) is 1.00. The Balaban J connectivity index is 1.73. The number of nitro groups is 1. The number of rotatable bonds is 7. The summed E-state index contributed by atoms with van der Waals surface area (Å²) in [6, 6.07) is 15.0. The number of ketones is 1. The largest absolute Gasteiger partial charge is 0.477 e. The summed E-state index contributed by atoms with van der Waals surface area (Å²) in [6.07, 6.45) is 0. The second-order valence-corrected chi connectivity index (χ2v) is 6.68. The zero-order valence-corrected chi connectivity index (χ0v) is 15.6. The topological polar surface area (TPSA) is 111 Å². The highest BCUT2D eigenvalue weighted by Crippen LogP contribution is 2.31. The Bertz CT molecular complexity index is 1030. The molecular weight excluding hydrogens is 382 g/mol. The quantitative estimate of drug-likeness (QED) is 0.367. The Morgan fingerprint density at radius 2 is 1.82 bits per heavy atom. The van der Waals surface area contributed by atoms with Gasteiger partial charge in [0.2, 0.25) is 0 Å². The van der Waals surface area contributed by atoms with Crippen molar-refractivity contribution in [3.05, 3.63) is 69.6 Å². The molecule has 1 aromatic heterocycles. The van der Waals surface area contributed by atoms with Crippen molar-refractivity contribution in [2.24, 2.45) is 0 Å². The summed E-state index contributed by atoms with van der Waals surface area (Å²) in [7, 11) is 0. The molecule has 0 aliphatic rings. The minimum absolute atomic E-state index is 0.00353. The van der Waals surface area contributed by atoms with Crippen LogP contribution in [-0.4, -0.2) is 28.2 Å². The molecule has 3 aromatic rings. The third kappa shape index (κ3) is 4.38. The maximum atomic E-state index is 12.2. The lowest BCUT2D eigenvalue weighted by Crippen LogP contribution is -2.20. The van der Waals surface area contributed by atoms with Crippen molar-refractivity contribution in [3.63, 3.8) is 0 Å². The number of aromatic nitrogens is 1. The summed E-state index contributed by atoms with van der Waals surface area (Å²) < 4.78 is 5.26. The maximum absolute atomic E-state index is 12.2. The number of hydrogen-bond donors (Lipinski definition) is 1. The van der Waals surface area contributed by atoms with Crippen molar-refractivity contribution in [1.82, 2.24) is 4.98 Å². The Labute approximate surface area is 164 Å². The molecule has 28 heavy (non-hydrogen) atoms. The van der Waals surface area contributed by atoms with Crippen molar-refractivity contribution >= 4 is 33.8 Å². The zero-order chi connectivity index (χ0) is 20.1. The molecule has 8 nitrogen and oxygen atoms in total. The molecule has 142 valence electrons. The lowest BCUT2D eigenvalue weighted by molar-refractivity contribution is -0.385. The highest BCUT2D eigenvalue weighted by Gasteiger charge is 2.19. The lowest BCUT2D eigenvalue weighted by atomic mass is 10.1. The van der Waals surface area contributed by atoms with Crippen LogP contribution in [0, 0.1) is 10.1 Å². The number of ether oxygens (including phenoxy) is 1. The van der Waals surface area contributed by atoms with Crippen molar-refractivity contribution in [3.8, 4) is 17.0 Å². The van der Waals surface area contributed by atoms with Crippen LogP contribution in [0.15, 0.2) is 54.6 Å². The predicted molar refractivity (Wildman–Crippen MR) is 105 cm³/mol. The van der Waals surface area contributed by atoms with Crippen LogP contribution in [0.1, 0.15) is 16.6 Å². The monoisotopic (exact) mass is 397 g/mol.